The Morgan fingerprint density at radius 1 is 1.00 bits per heavy atom. The van der Waals surface area contributed by atoms with Gasteiger partial charge in [-0.1, -0.05) is 25.7 Å². The van der Waals surface area contributed by atoms with Crippen LogP contribution in [-0.4, -0.2) is 29.9 Å². The number of rotatable bonds is 2. The molecule has 4 unspecified atom stereocenters. The first kappa shape index (κ1) is 15.3. The lowest BCUT2D eigenvalue weighted by atomic mass is 9.67. The Bertz CT molecular complexity index is 360. The molecule has 3 aliphatic rings. The van der Waals surface area contributed by atoms with E-state index in [9.17, 15) is 4.79 Å². The van der Waals surface area contributed by atoms with Gasteiger partial charge in [0, 0.05) is 25.0 Å². The van der Waals surface area contributed by atoms with E-state index in [2.05, 4.69) is 11.8 Å². The van der Waals surface area contributed by atoms with Gasteiger partial charge in [-0.2, -0.15) is 0 Å². The van der Waals surface area contributed by atoms with Crippen molar-refractivity contribution in [2.24, 2.45) is 29.4 Å². The van der Waals surface area contributed by atoms with Gasteiger partial charge in [0.05, 0.1) is 0 Å². The highest BCUT2D eigenvalue weighted by Crippen LogP contribution is 2.43. The van der Waals surface area contributed by atoms with Crippen molar-refractivity contribution >= 4 is 5.91 Å². The summed E-state index contributed by atoms with van der Waals surface area (Å²) in [5, 5.41) is 0. The van der Waals surface area contributed by atoms with Crippen molar-refractivity contribution in [3.8, 4) is 0 Å². The van der Waals surface area contributed by atoms with Crippen molar-refractivity contribution in [1.82, 2.24) is 4.90 Å². The van der Waals surface area contributed by atoms with Crippen LogP contribution in [0.25, 0.3) is 0 Å². The predicted octanol–water partition coefficient (Wildman–Crippen LogP) is 3.18. The topological polar surface area (TPSA) is 46.3 Å². The second-order valence-electron chi connectivity index (χ2n) is 7.84. The van der Waals surface area contributed by atoms with Crippen LogP contribution in [0, 0.1) is 23.7 Å². The van der Waals surface area contributed by atoms with E-state index in [0.717, 1.165) is 44.2 Å². The summed E-state index contributed by atoms with van der Waals surface area (Å²) in [7, 11) is 0. The second-order valence-corrected chi connectivity index (χ2v) is 7.84. The van der Waals surface area contributed by atoms with Gasteiger partial charge in [0.1, 0.15) is 0 Å². The van der Waals surface area contributed by atoms with Crippen molar-refractivity contribution in [3.05, 3.63) is 0 Å². The monoisotopic (exact) mass is 292 g/mol. The molecule has 1 heterocycles. The molecule has 0 aromatic carbocycles. The minimum Gasteiger partial charge on any atom is -0.342 e. The number of carbonyl (C=O) groups is 1. The summed E-state index contributed by atoms with van der Waals surface area (Å²) in [4.78, 5) is 14.9. The van der Waals surface area contributed by atoms with E-state index in [1.54, 1.807) is 0 Å². The highest BCUT2D eigenvalue weighted by Gasteiger charge is 2.37. The quantitative estimate of drug-likeness (QED) is 0.849. The van der Waals surface area contributed by atoms with Gasteiger partial charge in [-0.25, -0.2) is 0 Å². The van der Waals surface area contributed by atoms with E-state index in [1.165, 1.54) is 38.5 Å². The largest absolute Gasteiger partial charge is 0.342 e. The molecule has 2 aliphatic carbocycles. The molecule has 0 aromatic rings. The van der Waals surface area contributed by atoms with Crippen molar-refractivity contribution in [2.75, 3.05) is 13.1 Å². The minimum absolute atomic E-state index is 0.278. The van der Waals surface area contributed by atoms with Crippen LogP contribution in [0.2, 0.25) is 0 Å². The summed E-state index contributed by atoms with van der Waals surface area (Å²) in [5.74, 6) is 3.19. The number of hydrogen-bond acceptors (Lipinski definition) is 2. The number of piperidine rings is 1. The molecule has 3 heteroatoms. The number of nitrogens with two attached hydrogens (primary N) is 1. The highest BCUT2D eigenvalue weighted by atomic mass is 16.2. The number of fused-ring (bicyclic) bond motifs is 1. The van der Waals surface area contributed by atoms with Crippen LogP contribution >= 0.6 is 0 Å². The van der Waals surface area contributed by atoms with E-state index < -0.39 is 0 Å². The first-order chi connectivity index (χ1) is 10.1. The van der Waals surface area contributed by atoms with Crippen molar-refractivity contribution < 1.29 is 4.79 Å². The zero-order valence-electron chi connectivity index (χ0n) is 13.6. The Morgan fingerprint density at radius 3 is 2.33 bits per heavy atom. The van der Waals surface area contributed by atoms with Gasteiger partial charge in [-0.3, -0.25) is 4.79 Å². The molecule has 1 saturated heterocycles. The lowest BCUT2D eigenvalue weighted by molar-refractivity contribution is -0.139. The van der Waals surface area contributed by atoms with E-state index in [-0.39, 0.29) is 6.04 Å². The van der Waals surface area contributed by atoms with Gasteiger partial charge in [0.2, 0.25) is 5.91 Å². The summed E-state index contributed by atoms with van der Waals surface area (Å²) in [6.07, 6.45) is 11.4. The summed E-state index contributed by atoms with van der Waals surface area (Å²) in [6, 6.07) is 0.278. The third-order valence-electron chi connectivity index (χ3n) is 6.48. The van der Waals surface area contributed by atoms with Crippen LogP contribution in [0.3, 0.4) is 0 Å². The molecule has 0 radical (unpaired) electrons. The molecule has 2 saturated carbocycles. The fourth-order valence-electron chi connectivity index (χ4n) is 5.00. The molecular weight excluding hydrogens is 260 g/mol. The zero-order chi connectivity index (χ0) is 14.8. The third-order valence-corrected chi connectivity index (χ3v) is 6.48. The van der Waals surface area contributed by atoms with Gasteiger partial charge in [-0.05, 0) is 56.8 Å². The van der Waals surface area contributed by atoms with E-state index in [4.69, 9.17) is 5.73 Å². The lowest BCUT2D eigenvalue weighted by Gasteiger charge is -2.41. The van der Waals surface area contributed by atoms with Crippen LogP contribution in [0.5, 0.6) is 0 Å². The first-order valence-electron chi connectivity index (χ1n) is 9.19. The lowest BCUT2D eigenvalue weighted by Crippen LogP contribution is -2.46. The molecule has 3 fully saturated rings. The fraction of sp³-hybridized carbons (Fsp3) is 0.944. The van der Waals surface area contributed by atoms with Gasteiger partial charge in [0.15, 0.2) is 0 Å². The number of nitrogens with zero attached hydrogens (tertiary/aromatic N) is 1. The normalized spacial score (nSPS) is 36.1. The van der Waals surface area contributed by atoms with Crippen molar-refractivity contribution in [2.45, 2.75) is 70.8 Å². The van der Waals surface area contributed by atoms with Crippen LogP contribution in [0.4, 0.5) is 0 Å². The predicted molar refractivity (Wildman–Crippen MR) is 85.7 cm³/mol. The van der Waals surface area contributed by atoms with Gasteiger partial charge in [0.25, 0.3) is 0 Å². The highest BCUT2D eigenvalue weighted by molar-refractivity contribution is 5.79. The van der Waals surface area contributed by atoms with Crippen LogP contribution in [-0.2, 0) is 4.79 Å². The summed E-state index contributed by atoms with van der Waals surface area (Å²) in [6.45, 7) is 3.98. The van der Waals surface area contributed by atoms with Crippen molar-refractivity contribution in [3.63, 3.8) is 0 Å². The number of amides is 1. The van der Waals surface area contributed by atoms with Gasteiger partial charge < -0.3 is 10.6 Å². The molecule has 0 aromatic heterocycles. The van der Waals surface area contributed by atoms with E-state index >= 15 is 0 Å². The molecule has 1 amide bonds. The molecule has 0 bridgehead atoms. The summed E-state index contributed by atoms with van der Waals surface area (Å²) >= 11 is 0. The van der Waals surface area contributed by atoms with Crippen molar-refractivity contribution in [1.29, 1.82) is 0 Å². The second kappa shape index (κ2) is 6.68. The number of likely N-dealkylation sites (tertiary alicyclic amines) is 1. The molecule has 2 N–H and O–H groups in total. The van der Waals surface area contributed by atoms with Crippen LogP contribution in [0.1, 0.15) is 64.7 Å². The standard InChI is InChI=1S/C18H32N2O/c1-13(19)14-8-10-20(11-9-14)18(21)17-7-6-15-4-2-3-5-16(15)12-17/h13-17H,2-12,19H2,1H3. The molecule has 4 atom stereocenters. The Kier molecular flexibility index (Phi) is 4.88. The van der Waals surface area contributed by atoms with Crippen LogP contribution in [0.15, 0.2) is 0 Å². The molecule has 3 nitrogen and oxygen atoms in total. The maximum atomic E-state index is 12.8. The molecule has 120 valence electrons. The van der Waals surface area contributed by atoms with Crippen LogP contribution < -0.4 is 5.73 Å². The Morgan fingerprint density at radius 2 is 1.67 bits per heavy atom. The SMILES string of the molecule is CC(N)C1CCN(C(=O)C2CCC3CCCCC3C2)CC1. The average Bonchev–Trinajstić information content (AvgIpc) is 2.54. The summed E-state index contributed by atoms with van der Waals surface area (Å²) in [5.41, 5.74) is 6.00. The maximum absolute atomic E-state index is 12.8. The minimum atomic E-state index is 0.278. The Balaban J connectivity index is 1.52. The summed E-state index contributed by atoms with van der Waals surface area (Å²) < 4.78 is 0. The number of carbonyl (C=O) groups excluding carboxylic acids is 1. The first-order valence-corrected chi connectivity index (χ1v) is 9.19. The van der Waals surface area contributed by atoms with E-state index in [0.29, 0.717) is 17.7 Å². The molecule has 1 aliphatic heterocycles. The zero-order valence-corrected chi connectivity index (χ0v) is 13.6. The third kappa shape index (κ3) is 3.44. The maximum Gasteiger partial charge on any atom is 0.225 e. The number of hydrogen-bond donors (Lipinski definition) is 1. The molecule has 21 heavy (non-hydrogen) atoms. The smallest absolute Gasteiger partial charge is 0.225 e. The average molecular weight is 292 g/mol. The Hall–Kier alpha value is -0.570. The van der Waals surface area contributed by atoms with Gasteiger partial charge >= 0.3 is 0 Å². The fourth-order valence-corrected chi connectivity index (χ4v) is 5.00. The van der Waals surface area contributed by atoms with Gasteiger partial charge in [-0.15, -0.1) is 0 Å². The molecule has 0 spiro atoms. The van der Waals surface area contributed by atoms with E-state index in [1.807, 2.05) is 0 Å². The molecular formula is C18H32N2O. The Labute approximate surface area is 129 Å². The molecule has 3 rings (SSSR count).